The van der Waals surface area contributed by atoms with Crippen molar-refractivity contribution in [1.82, 2.24) is 15.0 Å². The van der Waals surface area contributed by atoms with Crippen LogP contribution in [0.15, 0.2) is 18.2 Å². The maximum atomic E-state index is 5.69. The number of nitrogens with two attached hydrogens (primary N) is 1. The van der Waals surface area contributed by atoms with Gasteiger partial charge < -0.3 is 10.5 Å². The smallest absolute Gasteiger partial charge is 0.321 e. The molecule has 0 aliphatic heterocycles. The second kappa shape index (κ2) is 5.65. The van der Waals surface area contributed by atoms with E-state index in [9.17, 15) is 0 Å². The predicted molar refractivity (Wildman–Crippen MR) is 74.9 cm³/mol. The molecule has 0 bridgehead atoms. The van der Waals surface area contributed by atoms with Crippen LogP contribution in [0.5, 0.6) is 6.01 Å². The first-order chi connectivity index (χ1) is 9.10. The SMILES string of the molecule is CCCOc1nc(N)nc(-c2ccc(C)c(C)c2)n1. The topological polar surface area (TPSA) is 73.9 Å². The molecule has 1 heterocycles. The Morgan fingerprint density at radius 2 is 1.89 bits per heavy atom. The van der Waals surface area contributed by atoms with Gasteiger partial charge in [0.1, 0.15) is 0 Å². The molecule has 0 saturated heterocycles. The highest BCUT2D eigenvalue weighted by molar-refractivity contribution is 5.58. The molecule has 2 aromatic rings. The second-order valence-corrected chi connectivity index (χ2v) is 4.45. The van der Waals surface area contributed by atoms with Gasteiger partial charge in [0, 0.05) is 5.56 Å². The van der Waals surface area contributed by atoms with E-state index in [0.29, 0.717) is 12.4 Å². The van der Waals surface area contributed by atoms with Gasteiger partial charge in [-0.05, 0) is 37.5 Å². The van der Waals surface area contributed by atoms with Crippen molar-refractivity contribution >= 4 is 5.95 Å². The molecular formula is C14H18N4O. The first-order valence-corrected chi connectivity index (χ1v) is 6.32. The van der Waals surface area contributed by atoms with Crippen LogP contribution in [0.4, 0.5) is 5.95 Å². The monoisotopic (exact) mass is 258 g/mol. The third kappa shape index (κ3) is 3.19. The zero-order valence-corrected chi connectivity index (χ0v) is 11.5. The van der Waals surface area contributed by atoms with Crippen molar-refractivity contribution in [2.75, 3.05) is 12.3 Å². The van der Waals surface area contributed by atoms with Crippen LogP contribution in [-0.2, 0) is 0 Å². The summed E-state index contributed by atoms with van der Waals surface area (Å²) in [6.07, 6.45) is 0.893. The molecule has 2 rings (SSSR count). The Hall–Kier alpha value is -2.17. The van der Waals surface area contributed by atoms with Gasteiger partial charge in [-0.1, -0.05) is 19.1 Å². The van der Waals surface area contributed by atoms with Crippen LogP contribution < -0.4 is 10.5 Å². The summed E-state index contributed by atoms with van der Waals surface area (Å²) in [6.45, 7) is 6.71. The Balaban J connectivity index is 2.37. The Labute approximate surface area is 112 Å². The Bertz CT molecular complexity index is 584. The van der Waals surface area contributed by atoms with Crippen LogP contribution in [0.1, 0.15) is 24.5 Å². The van der Waals surface area contributed by atoms with Crippen LogP contribution in [0.25, 0.3) is 11.4 Å². The molecule has 100 valence electrons. The Morgan fingerprint density at radius 3 is 2.58 bits per heavy atom. The van der Waals surface area contributed by atoms with Crippen molar-refractivity contribution in [2.45, 2.75) is 27.2 Å². The van der Waals surface area contributed by atoms with E-state index in [1.54, 1.807) is 0 Å². The van der Waals surface area contributed by atoms with Crippen molar-refractivity contribution in [3.05, 3.63) is 29.3 Å². The number of hydrogen-bond acceptors (Lipinski definition) is 5. The zero-order chi connectivity index (χ0) is 13.8. The molecule has 5 heteroatoms. The number of nitrogens with zero attached hydrogens (tertiary/aromatic N) is 3. The third-order valence-electron chi connectivity index (χ3n) is 2.83. The van der Waals surface area contributed by atoms with E-state index in [-0.39, 0.29) is 12.0 Å². The number of rotatable bonds is 4. The molecule has 0 amide bonds. The van der Waals surface area contributed by atoms with Gasteiger partial charge in [0.05, 0.1) is 6.61 Å². The first kappa shape index (κ1) is 13.3. The van der Waals surface area contributed by atoms with Crippen LogP contribution in [0, 0.1) is 13.8 Å². The lowest BCUT2D eigenvalue weighted by atomic mass is 10.1. The van der Waals surface area contributed by atoms with E-state index < -0.39 is 0 Å². The lowest BCUT2D eigenvalue weighted by Gasteiger charge is -2.07. The highest BCUT2D eigenvalue weighted by Crippen LogP contribution is 2.20. The number of hydrogen-bond donors (Lipinski definition) is 1. The lowest BCUT2D eigenvalue weighted by molar-refractivity contribution is 0.292. The third-order valence-corrected chi connectivity index (χ3v) is 2.83. The van der Waals surface area contributed by atoms with Crippen molar-refractivity contribution in [1.29, 1.82) is 0 Å². The normalized spacial score (nSPS) is 10.5. The molecule has 0 unspecified atom stereocenters. The number of benzene rings is 1. The largest absolute Gasteiger partial charge is 0.463 e. The van der Waals surface area contributed by atoms with Crippen LogP contribution >= 0.6 is 0 Å². The second-order valence-electron chi connectivity index (χ2n) is 4.45. The van der Waals surface area contributed by atoms with Gasteiger partial charge in [0.15, 0.2) is 5.82 Å². The molecule has 0 fully saturated rings. The van der Waals surface area contributed by atoms with Gasteiger partial charge in [0.25, 0.3) is 0 Å². The molecule has 0 spiro atoms. The number of nitrogen functional groups attached to an aromatic ring is 1. The highest BCUT2D eigenvalue weighted by atomic mass is 16.5. The fraction of sp³-hybridized carbons (Fsp3) is 0.357. The van der Waals surface area contributed by atoms with Gasteiger partial charge >= 0.3 is 6.01 Å². The molecule has 19 heavy (non-hydrogen) atoms. The first-order valence-electron chi connectivity index (χ1n) is 6.32. The van der Waals surface area contributed by atoms with E-state index in [1.165, 1.54) is 11.1 Å². The minimum atomic E-state index is 0.175. The summed E-state index contributed by atoms with van der Waals surface area (Å²) in [5.41, 5.74) is 9.03. The number of anilines is 1. The predicted octanol–water partition coefficient (Wildman–Crippen LogP) is 2.53. The zero-order valence-electron chi connectivity index (χ0n) is 11.5. The lowest BCUT2D eigenvalue weighted by Crippen LogP contribution is -2.05. The van der Waals surface area contributed by atoms with Crippen LogP contribution in [-0.4, -0.2) is 21.6 Å². The van der Waals surface area contributed by atoms with Crippen molar-refractivity contribution in [2.24, 2.45) is 0 Å². The fourth-order valence-corrected chi connectivity index (χ4v) is 1.64. The van der Waals surface area contributed by atoms with Crippen LogP contribution in [0.2, 0.25) is 0 Å². The summed E-state index contributed by atoms with van der Waals surface area (Å²) in [5, 5.41) is 0. The number of aromatic nitrogens is 3. The van der Waals surface area contributed by atoms with E-state index in [1.807, 2.05) is 25.1 Å². The quantitative estimate of drug-likeness (QED) is 0.912. The van der Waals surface area contributed by atoms with E-state index in [4.69, 9.17) is 10.5 Å². The van der Waals surface area contributed by atoms with Gasteiger partial charge in [-0.25, -0.2) is 0 Å². The molecule has 0 radical (unpaired) electrons. The Morgan fingerprint density at radius 1 is 1.11 bits per heavy atom. The molecule has 0 aliphatic carbocycles. The van der Waals surface area contributed by atoms with Gasteiger partial charge in [-0.3, -0.25) is 0 Å². The summed E-state index contributed by atoms with van der Waals surface area (Å²) < 4.78 is 5.41. The van der Waals surface area contributed by atoms with E-state index >= 15 is 0 Å². The molecule has 0 aliphatic rings. The van der Waals surface area contributed by atoms with Gasteiger partial charge in [-0.2, -0.15) is 15.0 Å². The highest BCUT2D eigenvalue weighted by Gasteiger charge is 2.08. The molecule has 1 aromatic carbocycles. The number of ether oxygens (including phenoxy) is 1. The average molecular weight is 258 g/mol. The summed E-state index contributed by atoms with van der Waals surface area (Å²) >= 11 is 0. The summed E-state index contributed by atoms with van der Waals surface area (Å²) in [4.78, 5) is 12.4. The van der Waals surface area contributed by atoms with Crippen LogP contribution in [0.3, 0.4) is 0 Å². The summed E-state index contributed by atoms with van der Waals surface area (Å²) in [6, 6.07) is 6.33. The number of aryl methyl sites for hydroxylation is 2. The average Bonchev–Trinajstić information content (AvgIpc) is 2.39. The van der Waals surface area contributed by atoms with Crippen molar-refractivity contribution in [3.8, 4) is 17.4 Å². The van der Waals surface area contributed by atoms with Gasteiger partial charge in [-0.15, -0.1) is 0 Å². The Kier molecular flexibility index (Phi) is 3.94. The fourth-order valence-electron chi connectivity index (χ4n) is 1.64. The van der Waals surface area contributed by atoms with E-state index in [2.05, 4.69) is 28.8 Å². The maximum Gasteiger partial charge on any atom is 0.321 e. The molecule has 1 aromatic heterocycles. The maximum absolute atomic E-state index is 5.69. The van der Waals surface area contributed by atoms with Crippen molar-refractivity contribution < 1.29 is 4.74 Å². The van der Waals surface area contributed by atoms with Crippen molar-refractivity contribution in [3.63, 3.8) is 0 Å². The molecule has 0 atom stereocenters. The standard InChI is InChI=1S/C14H18N4O/c1-4-7-19-14-17-12(16-13(15)18-14)11-6-5-9(2)10(3)8-11/h5-6,8H,4,7H2,1-3H3,(H2,15,16,17,18). The minimum Gasteiger partial charge on any atom is -0.463 e. The molecule has 0 saturated carbocycles. The summed E-state index contributed by atoms with van der Waals surface area (Å²) in [7, 11) is 0. The summed E-state index contributed by atoms with van der Waals surface area (Å²) in [5.74, 6) is 0.719. The van der Waals surface area contributed by atoms with Gasteiger partial charge in [0.2, 0.25) is 5.95 Å². The molecule has 5 nitrogen and oxygen atoms in total. The molecule has 2 N–H and O–H groups in total. The van der Waals surface area contributed by atoms with E-state index in [0.717, 1.165) is 12.0 Å². The molecular weight excluding hydrogens is 240 g/mol. The minimum absolute atomic E-state index is 0.175.